The molecular weight excluding hydrogens is 274 g/mol. The van der Waals surface area contributed by atoms with E-state index in [1.165, 1.54) is 7.11 Å². The van der Waals surface area contributed by atoms with Crippen LogP contribution < -0.4 is 4.74 Å². The molecule has 0 atom stereocenters. The molecule has 7 nitrogen and oxygen atoms in total. The van der Waals surface area contributed by atoms with Crippen molar-refractivity contribution in [3.05, 3.63) is 30.0 Å². The molecule has 0 radical (unpaired) electrons. The molecule has 1 heterocycles. The number of ether oxygens (including phenoxy) is 2. The van der Waals surface area contributed by atoms with Gasteiger partial charge in [0.15, 0.2) is 5.69 Å². The van der Waals surface area contributed by atoms with E-state index < -0.39 is 5.97 Å². The summed E-state index contributed by atoms with van der Waals surface area (Å²) >= 11 is 0. The average Bonchev–Trinajstić information content (AvgIpc) is 2.95. The SMILES string of the molecule is COC(=O)c1nnn(CCCO)c1-c1ccccc1OC. The van der Waals surface area contributed by atoms with Crippen LogP contribution in [0.5, 0.6) is 5.75 Å². The smallest absolute Gasteiger partial charge is 0.360 e. The summed E-state index contributed by atoms with van der Waals surface area (Å²) in [4.78, 5) is 11.9. The van der Waals surface area contributed by atoms with Gasteiger partial charge in [0.1, 0.15) is 11.4 Å². The largest absolute Gasteiger partial charge is 0.496 e. The predicted octanol–water partition coefficient (Wildman–Crippen LogP) is 1.12. The van der Waals surface area contributed by atoms with Gasteiger partial charge in [-0.3, -0.25) is 0 Å². The van der Waals surface area contributed by atoms with E-state index in [9.17, 15) is 4.79 Å². The number of aliphatic hydroxyl groups is 1. The van der Waals surface area contributed by atoms with Gasteiger partial charge in [-0.15, -0.1) is 5.10 Å². The maximum Gasteiger partial charge on any atom is 0.360 e. The normalized spacial score (nSPS) is 10.4. The van der Waals surface area contributed by atoms with Crippen molar-refractivity contribution in [1.82, 2.24) is 15.0 Å². The van der Waals surface area contributed by atoms with Crippen molar-refractivity contribution < 1.29 is 19.4 Å². The van der Waals surface area contributed by atoms with Gasteiger partial charge in [-0.05, 0) is 18.6 Å². The van der Waals surface area contributed by atoms with Crippen LogP contribution in [0.2, 0.25) is 0 Å². The van der Waals surface area contributed by atoms with Crippen LogP contribution in [-0.2, 0) is 11.3 Å². The molecule has 0 unspecified atom stereocenters. The Morgan fingerprint density at radius 1 is 1.33 bits per heavy atom. The van der Waals surface area contributed by atoms with Crippen molar-refractivity contribution in [3.8, 4) is 17.0 Å². The van der Waals surface area contributed by atoms with Gasteiger partial charge in [-0.1, -0.05) is 17.3 Å². The average molecular weight is 291 g/mol. The molecule has 2 rings (SSSR count). The second-order valence-electron chi connectivity index (χ2n) is 4.28. The molecule has 21 heavy (non-hydrogen) atoms. The number of aromatic nitrogens is 3. The Labute approximate surface area is 122 Å². The number of esters is 1. The van der Waals surface area contributed by atoms with Crippen molar-refractivity contribution >= 4 is 5.97 Å². The highest BCUT2D eigenvalue weighted by Gasteiger charge is 2.23. The monoisotopic (exact) mass is 291 g/mol. The standard InChI is InChI=1S/C14H17N3O4/c1-20-11-7-4-3-6-10(11)13-12(14(19)21-2)15-16-17(13)8-5-9-18/h3-4,6-7,18H,5,8-9H2,1-2H3. The second-order valence-corrected chi connectivity index (χ2v) is 4.28. The number of aryl methyl sites for hydroxylation is 1. The Hall–Kier alpha value is -2.41. The Kier molecular flexibility index (Phi) is 4.89. The molecule has 0 fully saturated rings. The zero-order valence-electron chi connectivity index (χ0n) is 11.9. The van der Waals surface area contributed by atoms with Crippen LogP contribution in [0, 0.1) is 0 Å². The van der Waals surface area contributed by atoms with Crippen molar-refractivity contribution in [2.24, 2.45) is 0 Å². The maximum atomic E-state index is 11.9. The molecule has 2 aromatic rings. The lowest BCUT2D eigenvalue weighted by molar-refractivity contribution is 0.0595. The number of nitrogens with zero attached hydrogens (tertiary/aromatic N) is 3. The Morgan fingerprint density at radius 3 is 2.76 bits per heavy atom. The zero-order chi connectivity index (χ0) is 15.2. The second kappa shape index (κ2) is 6.85. The third-order valence-electron chi connectivity index (χ3n) is 3.00. The van der Waals surface area contributed by atoms with Gasteiger partial charge < -0.3 is 14.6 Å². The number of benzene rings is 1. The lowest BCUT2D eigenvalue weighted by Gasteiger charge is -2.11. The first-order valence-corrected chi connectivity index (χ1v) is 6.49. The number of para-hydroxylation sites is 1. The van der Waals surface area contributed by atoms with E-state index in [1.54, 1.807) is 17.9 Å². The number of carbonyl (C=O) groups excluding carboxylic acids is 1. The van der Waals surface area contributed by atoms with E-state index in [-0.39, 0.29) is 12.3 Å². The molecule has 0 aliphatic rings. The van der Waals surface area contributed by atoms with Crippen LogP contribution >= 0.6 is 0 Å². The molecule has 0 saturated carbocycles. The molecule has 112 valence electrons. The quantitative estimate of drug-likeness (QED) is 0.803. The van der Waals surface area contributed by atoms with E-state index >= 15 is 0 Å². The number of rotatable bonds is 6. The summed E-state index contributed by atoms with van der Waals surface area (Å²) in [5.41, 5.74) is 1.34. The lowest BCUT2D eigenvalue weighted by Crippen LogP contribution is -2.08. The lowest BCUT2D eigenvalue weighted by atomic mass is 10.1. The third-order valence-corrected chi connectivity index (χ3v) is 3.00. The number of aliphatic hydroxyl groups excluding tert-OH is 1. The Balaban J connectivity index is 2.57. The summed E-state index contributed by atoms with van der Waals surface area (Å²) in [7, 11) is 2.85. The van der Waals surface area contributed by atoms with Crippen LogP contribution in [0.1, 0.15) is 16.9 Å². The van der Waals surface area contributed by atoms with Gasteiger partial charge in [-0.2, -0.15) is 0 Å². The summed E-state index contributed by atoms with van der Waals surface area (Å²) < 4.78 is 11.6. The van der Waals surface area contributed by atoms with Crippen molar-refractivity contribution in [2.75, 3.05) is 20.8 Å². The molecule has 0 bridgehead atoms. The Morgan fingerprint density at radius 2 is 2.10 bits per heavy atom. The molecule has 0 amide bonds. The summed E-state index contributed by atoms with van der Waals surface area (Å²) in [6.07, 6.45) is 0.506. The van der Waals surface area contributed by atoms with Crippen LogP contribution in [0.15, 0.2) is 24.3 Å². The first-order valence-electron chi connectivity index (χ1n) is 6.49. The van der Waals surface area contributed by atoms with Gasteiger partial charge >= 0.3 is 5.97 Å². The molecule has 1 aromatic carbocycles. The molecule has 7 heteroatoms. The minimum absolute atomic E-state index is 0.0266. The molecule has 1 N–H and O–H groups in total. The van der Waals surface area contributed by atoms with Crippen LogP contribution in [0.4, 0.5) is 0 Å². The van der Waals surface area contributed by atoms with E-state index in [0.29, 0.717) is 30.0 Å². The van der Waals surface area contributed by atoms with Gasteiger partial charge in [-0.25, -0.2) is 9.48 Å². The number of hydrogen-bond acceptors (Lipinski definition) is 6. The minimum Gasteiger partial charge on any atom is -0.496 e. The molecule has 0 aliphatic heterocycles. The fraction of sp³-hybridized carbons (Fsp3) is 0.357. The van der Waals surface area contributed by atoms with Crippen LogP contribution in [0.25, 0.3) is 11.3 Å². The Bertz CT molecular complexity index is 624. The topological polar surface area (TPSA) is 86.5 Å². The van der Waals surface area contributed by atoms with Crippen LogP contribution in [0.3, 0.4) is 0 Å². The summed E-state index contributed by atoms with van der Waals surface area (Å²) in [5.74, 6) is 0.0429. The third kappa shape index (κ3) is 3.03. The van der Waals surface area contributed by atoms with Crippen LogP contribution in [-0.4, -0.2) is 46.9 Å². The minimum atomic E-state index is -0.564. The summed E-state index contributed by atoms with van der Waals surface area (Å²) in [6.45, 7) is 0.465. The fourth-order valence-electron chi connectivity index (χ4n) is 2.03. The van der Waals surface area contributed by atoms with Crippen molar-refractivity contribution in [2.45, 2.75) is 13.0 Å². The molecule has 0 saturated heterocycles. The highest BCUT2D eigenvalue weighted by molar-refractivity contribution is 5.94. The van der Waals surface area contributed by atoms with E-state index in [1.807, 2.05) is 18.2 Å². The molecule has 0 spiro atoms. The number of methoxy groups -OCH3 is 2. The number of hydrogen-bond donors (Lipinski definition) is 1. The maximum absolute atomic E-state index is 11.9. The molecule has 1 aromatic heterocycles. The van der Waals surface area contributed by atoms with Gasteiger partial charge in [0.25, 0.3) is 0 Å². The van der Waals surface area contributed by atoms with Gasteiger partial charge in [0, 0.05) is 18.7 Å². The molecule has 0 aliphatic carbocycles. The highest BCUT2D eigenvalue weighted by atomic mass is 16.5. The molecular formula is C14H17N3O4. The summed E-state index contributed by atoms with van der Waals surface area (Å²) in [5, 5.41) is 16.8. The fourth-order valence-corrected chi connectivity index (χ4v) is 2.03. The van der Waals surface area contributed by atoms with E-state index in [0.717, 1.165) is 0 Å². The van der Waals surface area contributed by atoms with Gasteiger partial charge in [0.2, 0.25) is 0 Å². The first-order chi connectivity index (χ1) is 10.2. The van der Waals surface area contributed by atoms with Gasteiger partial charge in [0.05, 0.1) is 14.2 Å². The summed E-state index contributed by atoms with van der Waals surface area (Å²) in [6, 6.07) is 7.28. The zero-order valence-corrected chi connectivity index (χ0v) is 11.9. The predicted molar refractivity (Wildman–Crippen MR) is 75.1 cm³/mol. The highest BCUT2D eigenvalue weighted by Crippen LogP contribution is 2.31. The van der Waals surface area contributed by atoms with Crippen molar-refractivity contribution in [3.63, 3.8) is 0 Å². The number of carbonyl (C=O) groups is 1. The first kappa shape index (κ1) is 15.0. The van der Waals surface area contributed by atoms with Crippen molar-refractivity contribution in [1.29, 1.82) is 0 Å². The van der Waals surface area contributed by atoms with E-state index in [2.05, 4.69) is 10.3 Å². The van der Waals surface area contributed by atoms with E-state index in [4.69, 9.17) is 14.6 Å².